The topological polar surface area (TPSA) is 64.1 Å². The number of rotatable bonds is 4. The summed E-state index contributed by atoms with van der Waals surface area (Å²) in [7, 11) is 0. The predicted molar refractivity (Wildman–Crippen MR) is 77.1 cm³/mol. The lowest BCUT2D eigenvalue weighted by Gasteiger charge is -2.51. The Labute approximate surface area is 128 Å². The SMILES string of the molecule is CCOC1CC(NC(=O)c2cc(Cl)nnc2Cl)C1(C)C. The van der Waals surface area contributed by atoms with Crippen molar-refractivity contribution < 1.29 is 9.53 Å². The van der Waals surface area contributed by atoms with E-state index in [2.05, 4.69) is 29.4 Å². The average Bonchev–Trinajstić information content (AvgIpc) is 2.40. The molecule has 2 atom stereocenters. The van der Waals surface area contributed by atoms with Gasteiger partial charge in [0.1, 0.15) is 0 Å². The minimum atomic E-state index is -0.292. The summed E-state index contributed by atoms with van der Waals surface area (Å²) in [5, 5.41) is 10.3. The van der Waals surface area contributed by atoms with E-state index in [9.17, 15) is 4.79 Å². The van der Waals surface area contributed by atoms with Crippen molar-refractivity contribution in [3.05, 3.63) is 21.9 Å². The summed E-state index contributed by atoms with van der Waals surface area (Å²) in [6.07, 6.45) is 0.948. The van der Waals surface area contributed by atoms with E-state index < -0.39 is 0 Å². The molecule has 0 aromatic carbocycles. The third-order valence-electron chi connectivity index (χ3n) is 3.81. The molecule has 20 heavy (non-hydrogen) atoms. The van der Waals surface area contributed by atoms with Gasteiger partial charge in [-0.3, -0.25) is 4.79 Å². The van der Waals surface area contributed by atoms with Crippen molar-refractivity contribution in [2.24, 2.45) is 5.41 Å². The third kappa shape index (κ3) is 2.90. The van der Waals surface area contributed by atoms with Gasteiger partial charge < -0.3 is 10.1 Å². The van der Waals surface area contributed by atoms with E-state index in [-0.39, 0.29) is 39.3 Å². The predicted octanol–water partition coefficient (Wildman–Crippen LogP) is 2.72. The van der Waals surface area contributed by atoms with Gasteiger partial charge in [-0.15, -0.1) is 10.2 Å². The van der Waals surface area contributed by atoms with Crippen molar-refractivity contribution in [3.63, 3.8) is 0 Å². The summed E-state index contributed by atoms with van der Waals surface area (Å²) < 4.78 is 5.63. The maximum Gasteiger partial charge on any atom is 0.254 e. The zero-order valence-corrected chi connectivity index (χ0v) is 13.1. The highest BCUT2D eigenvalue weighted by molar-refractivity contribution is 6.34. The summed E-state index contributed by atoms with van der Waals surface area (Å²) in [5.74, 6) is -0.292. The van der Waals surface area contributed by atoms with E-state index in [1.165, 1.54) is 6.07 Å². The van der Waals surface area contributed by atoms with Gasteiger partial charge in [0.25, 0.3) is 5.91 Å². The second-order valence-corrected chi connectivity index (χ2v) is 6.14. The van der Waals surface area contributed by atoms with E-state index in [1.807, 2.05) is 6.92 Å². The molecule has 1 saturated carbocycles. The molecule has 7 heteroatoms. The molecule has 1 aromatic heterocycles. The molecule has 2 unspecified atom stereocenters. The molecule has 1 fully saturated rings. The molecule has 0 radical (unpaired) electrons. The van der Waals surface area contributed by atoms with E-state index in [0.717, 1.165) is 6.42 Å². The zero-order chi connectivity index (χ0) is 14.9. The largest absolute Gasteiger partial charge is 0.378 e. The molecule has 5 nitrogen and oxygen atoms in total. The van der Waals surface area contributed by atoms with E-state index in [1.54, 1.807) is 0 Å². The van der Waals surface area contributed by atoms with Crippen LogP contribution in [0.1, 0.15) is 37.6 Å². The second-order valence-electron chi connectivity index (χ2n) is 5.40. The van der Waals surface area contributed by atoms with Crippen LogP contribution in [0.3, 0.4) is 0 Å². The molecular weight excluding hydrogens is 301 g/mol. The summed E-state index contributed by atoms with van der Waals surface area (Å²) in [5.41, 5.74) is 0.130. The standard InChI is InChI=1S/C13H17Cl2N3O2/c1-4-20-9-6-8(13(9,2)3)16-12(19)7-5-10(14)17-18-11(7)15/h5,8-9H,4,6H2,1-3H3,(H,16,19). The van der Waals surface area contributed by atoms with Crippen LogP contribution in [0.4, 0.5) is 0 Å². The molecule has 2 rings (SSSR count). The van der Waals surface area contributed by atoms with Crippen LogP contribution in [0.25, 0.3) is 0 Å². The van der Waals surface area contributed by atoms with Gasteiger partial charge in [0, 0.05) is 18.1 Å². The number of nitrogens with zero attached hydrogens (tertiary/aromatic N) is 2. The highest BCUT2D eigenvalue weighted by Gasteiger charge is 2.49. The molecule has 1 N–H and O–H groups in total. The number of hydrogen-bond donors (Lipinski definition) is 1. The molecule has 1 aliphatic rings. The van der Waals surface area contributed by atoms with Gasteiger partial charge in [-0.2, -0.15) is 0 Å². The summed E-state index contributed by atoms with van der Waals surface area (Å²) in [4.78, 5) is 12.2. The third-order valence-corrected chi connectivity index (χ3v) is 4.28. The maximum atomic E-state index is 12.2. The van der Waals surface area contributed by atoms with Crippen LogP contribution in [-0.4, -0.2) is 34.9 Å². The number of ether oxygens (including phenoxy) is 1. The van der Waals surface area contributed by atoms with Crippen molar-refractivity contribution in [3.8, 4) is 0 Å². The zero-order valence-electron chi connectivity index (χ0n) is 11.6. The summed E-state index contributed by atoms with van der Waals surface area (Å²) >= 11 is 11.6. The number of amides is 1. The highest BCUT2D eigenvalue weighted by Crippen LogP contribution is 2.42. The van der Waals surface area contributed by atoms with E-state index >= 15 is 0 Å². The Morgan fingerprint density at radius 2 is 2.20 bits per heavy atom. The summed E-state index contributed by atoms with van der Waals surface area (Å²) in [6, 6.07) is 1.45. The normalized spacial score (nSPS) is 24.1. The number of carbonyl (C=O) groups is 1. The van der Waals surface area contributed by atoms with Gasteiger partial charge in [-0.05, 0) is 19.4 Å². The molecule has 110 valence electrons. The lowest BCUT2D eigenvalue weighted by molar-refractivity contribution is -0.111. The fourth-order valence-corrected chi connectivity index (χ4v) is 2.69. The number of carbonyl (C=O) groups excluding carboxylic acids is 1. The van der Waals surface area contributed by atoms with Gasteiger partial charge in [0.2, 0.25) is 0 Å². The first-order chi connectivity index (χ1) is 9.36. The molecule has 0 aliphatic heterocycles. The van der Waals surface area contributed by atoms with Crippen molar-refractivity contribution >= 4 is 29.1 Å². The Hall–Kier alpha value is -0.910. The number of hydrogen-bond acceptors (Lipinski definition) is 4. The van der Waals surface area contributed by atoms with Crippen molar-refractivity contribution in [1.29, 1.82) is 0 Å². The molecule has 0 bridgehead atoms. The van der Waals surface area contributed by atoms with Gasteiger partial charge in [-0.25, -0.2) is 0 Å². The lowest BCUT2D eigenvalue weighted by atomic mass is 9.64. The summed E-state index contributed by atoms with van der Waals surface area (Å²) in [6.45, 7) is 6.78. The molecule has 0 saturated heterocycles. The highest BCUT2D eigenvalue weighted by atomic mass is 35.5. The van der Waals surface area contributed by atoms with Gasteiger partial charge >= 0.3 is 0 Å². The van der Waals surface area contributed by atoms with Crippen LogP contribution < -0.4 is 5.32 Å². The van der Waals surface area contributed by atoms with Crippen LogP contribution >= 0.6 is 23.2 Å². The van der Waals surface area contributed by atoms with Crippen molar-refractivity contribution in [1.82, 2.24) is 15.5 Å². The van der Waals surface area contributed by atoms with Crippen molar-refractivity contribution in [2.75, 3.05) is 6.61 Å². The fourth-order valence-electron chi connectivity index (χ4n) is 2.36. The minimum Gasteiger partial charge on any atom is -0.378 e. The van der Waals surface area contributed by atoms with Crippen LogP contribution in [0.2, 0.25) is 10.3 Å². The Morgan fingerprint density at radius 1 is 1.50 bits per heavy atom. The van der Waals surface area contributed by atoms with Gasteiger partial charge in [-0.1, -0.05) is 37.0 Å². The second kappa shape index (κ2) is 5.84. The monoisotopic (exact) mass is 317 g/mol. The first-order valence-electron chi connectivity index (χ1n) is 6.47. The molecule has 1 heterocycles. The first-order valence-corrected chi connectivity index (χ1v) is 7.23. The molecular formula is C13H17Cl2N3O2. The smallest absolute Gasteiger partial charge is 0.254 e. The Balaban J connectivity index is 2.05. The van der Waals surface area contributed by atoms with Crippen LogP contribution in [-0.2, 0) is 4.74 Å². The maximum absolute atomic E-state index is 12.2. The molecule has 1 amide bonds. The number of nitrogens with one attached hydrogen (secondary N) is 1. The van der Waals surface area contributed by atoms with Gasteiger partial charge in [0.05, 0.1) is 11.7 Å². The average molecular weight is 318 g/mol. The fraction of sp³-hybridized carbons (Fsp3) is 0.615. The van der Waals surface area contributed by atoms with Crippen molar-refractivity contribution in [2.45, 2.75) is 39.3 Å². The molecule has 0 spiro atoms. The van der Waals surface area contributed by atoms with Gasteiger partial charge in [0.15, 0.2) is 10.3 Å². The Kier molecular flexibility index (Phi) is 4.52. The van der Waals surface area contributed by atoms with Crippen LogP contribution in [0.15, 0.2) is 6.07 Å². The molecule has 1 aliphatic carbocycles. The number of aromatic nitrogens is 2. The Morgan fingerprint density at radius 3 is 2.80 bits per heavy atom. The minimum absolute atomic E-state index is 0.0366. The van der Waals surface area contributed by atoms with E-state index in [0.29, 0.717) is 6.61 Å². The Bertz CT molecular complexity index is 522. The van der Waals surface area contributed by atoms with Crippen LogP contribution in [0.5, 0.6) is 0 Å². The van der Waals surface area contributed by atoms with E-state index in [4.69, 9.17) is 27.9 Å². The van der Waals surface area contributed by atoms with Crippen LogP contribution in [0, 0.1) is 5.41 Å². The lowest BCUT2D eigenvalue weighted by Crippen LogP contribution is -2.62. The number of halogens is 2. The quantitative estimate of drug-likeness (QED) is 0.927. The first kappa shape index (κ1) is 15.5. The molecule has 1 aromatic rings.